The first kappa shape index (κ1) is 28.0. The van der Waals surface area contributed by atoms with Gasteiger partial charge in [0.15, 0.2) is 0 Å². The van der Waals surface area contributed by atoms with E-state index in [1.807, 2.05) is 6.07 Å². The van der Waals surface area contributed by atoms with Gasteiger partial charge in [-0.2, -0.15) is 0 Å². The fourth-order valence-electron chi connectivity index (χ4n) is 3.96. The highest BCUT2D eigenvalue weighted by Gasteiger charge is 2.19. The zero-order chi connectivity index (χ0) is 28.7. The first-order valence-corrected chi connectivity index (χ1v) is 13.9. The van der Waals surface area contributed by atoms with Crippen molar-refractivity contribution in [1.82, 2.24) is 14.5 Å². The van der Waals surface area contributed by atoms with Crippen molar-refractivity contribution in [3.05, 3.63) is 134 Å². The lowest BCUT2D eigenvalue weighted by molar-refractivity contribution is -0.121. The number of nitrogens with one attached hydrogen (secondary N) is 3. The molecule has 206 valence electrons. The van der Waals surface area contributed by atoms with E-state index in [4.69, 9.17) is 11.1 Å². The summed E-state index contributed by atoms with van der Waals surface area (Å²) in [6.07, 6.45) is 1.16. The predicted molar refractivity (Wildman–Crippen MR) is 152 cm³/mol. The predicted octanol–water partition coefficient (Wildman–Crippen LogP) is 1.60. The number of aromatic nitrogens is 2. The molecule has 0 aliphatic rings. The molecule has 1 heterocycles. The lowest BCUT2D eigenvalue weighted by atomic mass is 10.1. The van der Waals surface area contributed by atoms with Crippen LogP contribution in [0.5, 0.6) is 0 Å². The summed E-state index contributed by atoms with van der Waals surface area (Å²) in [6, 6.07) is 24.1. The number of nitrogens with two attached hydrogens (primary N) is 1. The van der Waals surface area contributed by atoms with Crippen molar-refractivity contribution >= 4 is 27.5 Å². The number of amides is 1. The Morgan fingerprint density at radius 3 is 2.05 bits per heavy atom. The van der Waals surface area contributed by atoms with E-state index in [1.54, 1.807) is 78.9 Å². The lowest BCUT2D eigenvalue weighted by Gasteiger charge is -2.15. The van der Waals surface area contributed by atoms with Crippen LogP contribution in [-0.4, -0.2) is 29.3 Å². The van der Waals surface area contributed by atoms with Crippen molar-refractivity contribution in [3.8, 4) is 0 Å². The van der Waals surface area contributed by atoms with Crippen molar-refractivity contribution in [2.75, 3.05) is 4.72 Å². The molecule has 0 unspecified atom stereocenters. The average molecular weight is 561 g/mol. The molecule has 1 amide bonds. The number of hydrogen-bond donors (Lipinski definition) is 4. The summed E-state index contributed by atoms with van der Waals surface area (Å²) in [7, 11) is -4.02. The minimum atomic E-state index is -4.02. The number of anilines is 1. The second kappa shape index (κ2) is 12.3. The molecule has 12 heteroatoms. The Morgan fingerprint density at radius 2 is 1.45 bits per heavy atom. The SMILES string of the molecule is N=C(N)c1ccc(CNC(=O)Cn2c(=O)c(NS(=O)(=O)Cc3ccccc3)cn(Cc3ccccc3)c2=O)cc1. The quantitative estimate of drug-likeness (QED) is 0.160. The van der Waals surface area contributed by atoms with Crippen LogP contribution < -0.4 is 27.0 Å². The summed E-state index contributed by atoms with van der Waals surface area (Å²) in [5.41, 5.74) is 5.92. The normalized spacial score (nSPS) is 11.1. The van der Waals surface area contributed by atoms with E-state index in [-0.39, 0.29) is 30.4 Å². The number of amidine groups is 1. The molecule has 11 nitrogen and oxygen atoms in total. The monoisotopic (exact) mass is 560 g/mol. The number of sulfonamides is 1. The van der Waals surface area contributed by atoms with Crippen LogP contribution >= 0.6 is 0 Å². The molecule has 0 radical (unpaired) electrons. The summed E-state index contributed by atoms with van der Waals surface area (Å²) in [5, 5.41) is 10.1. The minimum Gasteiger partial charge on any atom is -0.384 e. The van der Waals surface area contributed by atoms with Crippen molar-refractivity contribution in [2.45, 2.75) is 25.4 Å². The smallest absolute Gasteiger partial charge is 0.331 e. The highest BCUT2D eigenvalue weighted by molar-refractivity contribution is 7.91. The Hall–Kier alpha value is -4.97. The fourth-order valence-corrected chi connectivity index (χ4v) is 5.13. The Bertz CT molecular complexity index is 1730. The Kier molecular flexibility index (Phi) is 8.60. The van der Waals surface area contributed by atoms with Gasteiger partial charge in [-0.05, 0) is 16.7 Å². The zero-order valence-electron chi connectivity index (χ0n) is 21.4. The third-order valence-corrected chi connectivity index (χ3v) is 7.20. The summed E-state index contributed by atoms with van der Waals surface area (Å²) in [5.74, 6) is -1.08. The molecule has 0 aliphatic heterocycles. The van der Waals surface area contributed by atoms with E-state index < -0.39 is 33.7 Å². The first-order valence-electron chi connectivity index (χ1n) is 12.2. The van der Waals surface area contributed by atoms with Gasteiger partial charge in [-0.15, -0.1) is 0 Å². The van der Waals surface area contributed by atoms with Crippen LogP contribution in [0.3, 0.4) is 0 Å². The van der Waals surface area contributed by atoms with Crippen LogP contribution in [0, 0.1) is 5.41 Å². The standard InChI is InChI=1S/C28H28N6O5S/c29-26(30)23-13-11-20(12-14-23)15-31-25(35)18-34-27(36)24(32-40(38,39)19-22-9-5-2-6-10-22)17-33(28(34)37)16-21-7-3-1-4-8-21/h1-14,17,32H,15-16,18-19H2,(H3,29,30)(H,31,35). The topological polar surface area (TPSA) is 169 Å². The molecule has 0 spiro atoms. The Balaban J connectivity index is 1.60. The van der Waals surface area contributed by atoms with Gasteiger partial charge in [-0.1, -0.05) is 84.9 Å². The molecular weight excluding hydrogens is 532 g/mol. The van der Waals surface area contributed by atoms with Gasteiger partial charge in [0.2, 0.25) is 15.9 Å². The van der Waals surface area contributed by atoms with Crippen LogP contribution in [-0.2, 0) is 40.2 Å². The van der Waals surface area contributed by atoms with Gasteiger partial charge in [0.05, 0.1) is 12.3 Å². The van der Waals surface area contributed by atoms with Crippen molar-refractivity contribution in [1.29, 1.82) is 5.41 Å². The largest absolute Gasteiger partial charge is 0.384 e. The molecule has 5 N–H and O–H groups in total. The van der Waals surface area contributed by atoms with E-state index >= 15 is 0 Å². The number of nitrogens with zero attached hydrogens (tertiary/aromatic N) is 2. The van der Waals surface area contributed by atoms with E-state index in [2.05, 4.69) is 10.0 Å². The van der Waals surface area contributed by atoms with Crippen LogP contribution in [0.4, 0.5) is 5.69 Å². The Labute approximate surface area is 230 Å². The van der Waals surface area contributed by atoms with Crippen LogP contribution in [0.25, 0.3) is 0 Å². The van der Waals surface area contributed by atoms with E-state index in [0.29, 0.717) is 15.7 Å². The minimum absolute atomic E-state index is 0.0531. The van der Waals surface area contributed by atoms with Crippen molar-refractivity contribution < 1.29 is 13.2 Å². The number of hydrogen-bond acceptors (Lipinski definition) is 6. The fraction of sp³-hybridized carbons (Fsp3) is 0.143. The van der Waals surface area contributed by atoms with Gasteiger partial charge in [-0.25, -0.2) is 17.8 Å². The summed E-state index contributed by atoms with van der Waals surface area (Å²) in [6.45, 7) is -0.461. The molecule has 40 heavy (non-hydrogen) atoms. The van der Waals surface area contributed by atoms with Crippen LogP contribution in [0.2, 0.25) is 0 Å². The molecule has 0 saturated carbocycles. The molecule has 1 aromatic heterocycles. The second-order valence-corrected chi connectivity index (χ2v) is 10.8. The van der Waals surface area contributed by atoms with Gasteiger partial charge >= 0.3 is 5.69 Å². The number of rotatable bonds is 11. The maximum absolute atomic E-state index is 13.3. The third kappa shape index (κ3) is 7.32. The first-order chi connectivity index (χ1) is 19.1. The summed E-state index contributed by atoms with van der Waals surface area (Å²) in [4.78, 5) is 39.3. The number of nitrogen functional groups attached to an aromatic ring is 1. The molecule has 0 fully saturated rings. The molecule has 4 rings (SSSR count). The van der Waals surface area contributed by atoms with Crippen LogP contribution in [0.15, 0.2) is 101 Å². The lowest BCUT2D eigenvalue weighted by Crippen LogP contribution is -2.44. The molecule has 0 aliphatic carbocycles. The van der Waals surface area contributed by atoms with Crippen molar-refractivity contribution in [2.24, 2.45) is 5.73 Å². The zero-order valence-corrected chi connectivity index (χ0v) is 22.2. The molecule has 0 saturated heterocycles. The maximum Gasteiger partial charge on any atom is 0.331 e. The second-order valence-electron chi connectivity index (χ2n) is 9.06. The molecule has 0 bridgehead atoms. The number of benzene rings is 3. The molecule has 0 atom stereocenters. The van der Waals surface area contributed by atoms with Gasteiger partial charge in [0, 0.05) is 18.3 Å². The maximum atomic E-state index is 13.3. The summed E-state index contributed by atoms with van der Waals surface area (Å²) >= 11 is 0. The highest BCUT2D eigenvalue weighted by atomic mass is 32.2. The van der Waals surface area contributed by atoms with E-state index in [0.717, 1.165) is 17.3 Å². The molecule has 4 aromatic rings. The third-order valence-electron chi connectivity index (χ3n) is 5.95. The van der Waals surface area contributed by atoms with Crippen molar-refractivity contribution in [3.63, 3.8) is 0 Å². The average Bonchev–Trinajstić information content (AvgIpc) is 2.93. The van der Waals surface area contributed by atoms with Gasteiger partial charge in [0.1, 0.15) is 18.1 Å². The van der Waals surface area contributed by atoms with Gasteiger partial charge in [-0.3, -0.25) is 24.3 Å². The molecular formula is C28H28N6O5S. The molecule has 3 aromatic carbocycles. The number of carbonyl (C=O) groups excluding carboxylic acids is 1. The summed E-state index contributed by atoms with van der Waals surface area (Å²) < 4.78 is 30.0. The number of carbonyl (C=O) groups is 1. The van der Waals surface area contributed by atoms with E-state index in [1.165, 1.54) is 4.57 Å². The van der Waals surface area contributed by atoms with E-state index in [9.17, 15) is 22.8 Å². The Morgan fingerprint density at radius 1 is 0.850 bits per heavy atom. The highest BCUT2D eigenvalue weighted by Crippen LogP contribution is 2.10. The van der Waals surface area contributed by atoms with Gasteiger partial charge < -0.3 is 11.1 Å². The van der Waals surface area contributed by atoms with Gasteiger partial charge in [0.25, 0.3) is 5.56 Å². The van der Waals surface area contributed by atoms with Crippen LogP contribution in [0.1, 0.15) is 22.3 Å².